The van der Waals surface area contributed by atoms with Crippen LogP contribution in [-0.4, -0.2) is 4.92 Å². The van der Waals surface area contributed by atoms with Gasteiger partial charge in [-0.3, -0.25) is 10.1 Å². The van der Waals surface area contributed by atoms with E-state index in [-0.39, 0.29) is 16.7 Å². The van der Waals surface area contributed by atoms with Crippen molar-refractivity contribution in [2.24, 2.45) is 0 Å². The van der Waals surface area contributed by atoms with Gasteiger partial charge >= 0.3 is 0 Å². The summed E-state index contributed by atoms with van der Waals surface area (Å²) in [5.74, 6) is 0. The number of halogens is 1. The summed E-state index contributed by atoms with van der Waals surface area (Å²) in [4.78, 5) is 10.5. The smallest absolute Gasteiger partial charge is 0.283 e. The zero-order valence-electron chi connectivity index (χ0n) is 11.0. The van der Waals surface area contributed by atoms with Crippen molar-refractivity contribution < 1.29 is 4.92 Å². The lowest BCUT2D eigenvalue weighted by atomic mass is 10.1. The standard InChI is InChI=1S/C15H15BrN2O2/c1-11(13-5-3-2-4-6-13)17-10-12-7-8-14(16)15(9-12)18(19)20/h2-9,11,17H,10H2,1H3/t11-/m0/s1. The Labute approximate surface area is 126 Å². The molecule has 0 fully saturated rings. The molecular weight excluding hydrogens is 320 g/mol. The number of nitrogens with zero attached hydrogens (tertiary/aromatic N) is 1. The molecule has 0 radical (unpaired) electrons. The molecular formula is C15H15BrN2O2. The molecule has 0 aliphatic heterocycles. The van der Waals surface area contributed by atoms with E-state index in [0.717, 1.165) is 5.56 Å². The summed E-state index contributed by atoms with van der Waals surface area (Å²) in [5, 5.41) is 14.3. The number of nitro benzene ring substituents is 1. The number of hydrogen-bond acceptors (Lipinski definition) is 3. The lowest BCUT2D eigenvalue weighted by molar-refractivity contribution is -0.385. The molecule has 0 aliphatic rings. The number of hydrogen-bond donors (Lipinski definition) is 1. The van der Waals surface area contributed by atoms with Gasteiger partial charge in [0.25, 0.3) is 5.69 Å². The monoisotopic (exact) mass is 334 g/mol. The largest absolute Gasteiger partial charge is 0.306 e. The summed E-state index contributed by atoms with van der Waals surface area (Å²) in [6.07, 6.45) is 0. The first-order valence-corrected chi connectivity index (χ1v) is 7.08. The third kappa shape index (κ3) is 3.65. The van der Waals surface area contributed by atoms with Crippen molar-refractivity contribution in [2.75, 3.05) is 0 Å². The molecule has 2 rings (SSSR count). The molecule has 0 aliphatic carbocycles. The van der Waals surface area contributed by atoms with E-state index in [0.29, 0.717) is 11.0 Å². The highest BCUT2D eigenvalue weighted by Gasteiger charge is 2.12. The molecule has 0 spiro atoms. The second-order valence-corrected chi connectivity index (χ2v) is 5.41. The van der Waals surface area contributed by atoms with Crippen molar-refractivity contribution in [1.29, 1.82) is 0 Å². The maximum atomic E-state index is 10.9. The van der Waals surface area contributed by atoms with Gasteiger partial charge in [-0.05, 0) is 40.0 Å². The zero-order valence-corrected chi connectivity index (χ0v) is 12.6. The molecule has 4 nitrogen and oxygen atoms in total. The van der Waals surface area contributed by atoms with Crippen LogP contribution in [0.15, 0.2) is 53.0 Å². The van der Waals surface area contributed by atoms with E-state index >= 15 is 0 Å². The Hall–Kier alpha value is -1.72. The van der Waals surface area contributed by atoms with Crippen LogP contribution in [0.25, 0.3) is 0 Å². The summed E-state index contributed by atoms with van der Waals surface area (Å²) < 4.78 is 0.502. The Balaban J connectivity index is 2.04. The Morgan fingerprint density at radius 2 is 1.95 bits per heavy atom. The van der Waals surface area contributed by atoms with Gasteiger partial charge in [0.2, 0.25) is 0 Å². The molecule has 2 aromatic carbocycles. The average Bonchev–Trinajstić information content (AvgIpc) is 2.46. The highest BCUT2D eigenvalue weighted by molar-refractivity contribution is 9.10. The van der Waals surface area contributed by atoms with Crippen molar-refractivity contribution in [1.82, 2.24) is 5.32 Å². The molecule has 0 bridgehead atoms. The summed E-state index contributed by atoms with van der Waals surface area (Å²) in [6.45, 7) is 2.66. The summed E-state index contributed by atoms with van der Waals surface area (Å²) >= 11 is 3.19. The van der Waals surface area contributed by atoms with Crippen LogP contribution in [0.1, 0.15) is 24.1 Å². The first-order chi connectivity index (χ1) is 9.58. The predicted molar refractivity (Wildman–Crippen MR) is 82.5 cm³/mol. The van der Waals surface area contributed by atoms with Crippen molar-refractivity contribution >= 4 is 21.6 Å². The highest BCUT2D eigenvalue weighted by atomic mass is 79.9. The molecule has 0 unspecified atom stereocenters. The van der Waals surface area contributed by atoms with E-state index in [2.05, 4.69) is 40.3 Å². The quantitative estimate of drug-likeness (QED) is 0.658. The van der Waals surface area contributed by atoms with E-state index in [1.54, 1.807) is 12.1 Å². The van der Waals surface area contributed by atoms with E-state index in [4.69, 9.17) is 0 Å². The molecule has 5 heteroatoms. The van der Waals surface area contributed by atoms with Crippen LogP contribution in [0.2, 0.25) is 0 Å². The molecule has 0 saturated heterocycles. The van der Waals surface area contributed by atoms with Crippen LogP contribution in [0, 0.1) is 10.1 Å². The van der Waals surface area contributed by atoms with Crippen LogP contribution in [-0.2, 0) is 6.54 Å². The van der Waals surface area contributed by atoms with Crippen molar-refractivity contribution in [3.63, 3.8) is 0 Å². The second kappa shape index (κ2) is 6.63. The lowest BCUT2D eigenvalue weighted by Crippen LogP contribution is -2.18. The molecule has 0 saturated carbocycles. The maximum absolute atomic E-state index is 10.9. The molecule has 1 atom stereocenters. The van der Waals surface area contributed by atoms with Crippen molar-refractivity contribution in [3.05, 3.63) is 74.2 Å². The Morgan fingerprint density at radius 3 is 2.60 bits per heavy atom. The highest BCUT2D eigenvalue weighted by Crippen LogP contribution is 2.25. The average molecular weight is 335 g/mol. The Kier molecular flexibility index (Phi) is 4.87. The normalized spacial score (nSPS) is 12.1. The fraction of sp³-hybridized carbons (Fsp3) is 0.200. The SMILES string of the molecule is C[C@H](NCc1ccc(Br)c([N+](=O)[O-])c1)c1ccccc1. The van der Waals surface area contributed by atoms with Gasteiger partial charge in [-0.25, -0.2) is 0 Å². The fourth-order valence-electron chi connectivity index (χ4n) is 1.94. The van der Waals surface area contributed by atoms with Gasteiger partial charge < -0.3 is 5.32 Å². The van der Waals surface area contributed by atoms with Gasteiger partial charge in [-0.1, -0.05) is 36.4 Å². The van der Waals surface area contributed by atoms with Crippen LogP contribution < -0.4 is 5.32 Å². The number of nitro groups is 1. The van der Waals surface area contributed by atoms with Gasteiger partial charge in [0, 0.05) is 18.7 Å². The number of rotatable bonds is 5. The van der Waals surface area contributed by atoms with Crippen LogP contribution in [0.5, 0.6) is 0 Å². The molecule has 104 valence electrons. The molecule has 20 heavy (non-hydrogen) atoms. The van der Waals surface area contributed by atoms with E-state index in [9.17, 15) is 10.1 Å². The second-order valence-electron chi connectivity index (χ2n) is 4.56. The van der Waals surface area contributed by atoms with E-state index < -0.39 is 0 Å². The van der Waals surface area contributed by atoms with Gasteiger partial charge in [0.15, 0.2) is 0 Å². The minimum Gasteiger partial charge on any atom is -0.306 e. The minimum atomic E-state index is -0.381. The summed E-state index contributed by atoms with van der Waals surface area (Å²) in [6, 6.07) is 15.5. The first-order valence-electron chi connectivity index (χ1n) is 6.29. The molecule has 0 aromatic heterocycles. The number of benzene rings is 2. The Morgan fingerprint density at radius 1 is 1.25 bits per heavy atom. The van der Waals surface area contributed by atoms with E-state index in [1.807, 2.05) is 24.3 Å². The fourth-order valence-corrected chi connectivity index (χ4v) is 2.33. The van der Waals surface area contributed by atoms with Crippen LogP contribution >= 0.6 is 15.9 Å². The maximum Gasteiger partial charge on any atom is 0.283 e. The van der Waals surface area contributed by atoms with E-state index in [1.165, 1.54) is 5.56 Å². The third-order valence-electron chi connectivity index (χ3n) is 3.12. The summed E-state index contributed by atoms with van der Waals surface area (Å²) in [7, 11) is 0. The topological polar surface area (TPSA) is 55.2 Å². The number of nitrogens with one attached hydrogen (secondary N) is 1. The van der Waals surface area contributed by atoms with Gasteiger partial charge in [-0.15, -0.1) is 0 Å². The first kappa shape index (κ1) is 14.7. The van der Waals surface area contributed by atoms with Crippen LogP contribution in [0.3, 0.4) is 0 Å². The molecule has 0 amide bonds. The minimum absolute atomic E-state index is 0.0941. The van der Waals surface area contributed by atoms with Crippen molar-refractivity contribution in [3.8, 4) is 0 Å². The molecule has 2 aromatic rings. The van der Waals surface area contributed by atoms with Gasteiger partial charge in [0.05, 0.1) is 9.40 Å². The van der Waals surface area contributed by atoms with Gasteiger partial charge in [-0.2, -0.15) is 0 Å². The third-order valence-corrected chi connectivity index (χ3v) is 3.79. The predicted octanol–water partition coefficient (Wildman–Crippen LogP) is 4.21. The lowest BCUT2D eigenvalue weighted by Gasteiger charge is -2.14. The summed E-state index contributed by atoms with van der Waals surface area (Å²) in [5.41, 5.74) is 2.18. The Bertz CT molecular complexity index is 602. The van der Waals surface area contributed by atoms with Gasteiger partial charge in [0.1, 0.15) is 0 Å². The van der Waals surface area contributed by atoms with Crippen LogP contribution in [0.4, 0.5) is 5.69 Å². The van der Waals surface area contributed by atoms with Crippen molar-refractivity contribution in [2.45, 2.75) is 19.5 Å². The zero-order chi connectivity index (χ0) is 14.5. The molecule has 0 heterocycles. The molecule has 1 N–H and O–H groups in total.